The van der Waals surface area contributed by atoms with Crippen LogP contribution in [0.4, 0.5) is 5.82 Å². The topological polar surface area (TPSA) is 55.8 Å². The van der Waals surface area contributed by atoms with Gasteiger partial charge in [-0.1, -0.05) is 13.0 Å². The molecule has 0 amide bonds. The largest absolute Gasteiger partial charge is 0.357 e. The first-order chi connectivity index (χ1) is 13.4. The summed E-state index contributed by atoms with van der Waals surface area (Å²) in [5, 5.41) is 6.81. The molecule has 0 spiro atoms. The maximum absolute atomic E-state index is 4.67. The zero-order valence-corrected chi connectivity index (χ0v) is 21.4. The average Bonchev–Trinajstić information content (AvgIpc) is 2.68. The molecule has 1 aromatic rings. The van der Waals surface area contributed by atoms with Gasteiger partial charge in [0.15, 0.2) is 5.96 Å². The maximum Gasteiger partial charge on any atom is 0.191 e. The summed E-state index contributed by atoms with van der Waals surface area (Å²) in [6.07, 6.45) is 4.50. The van der Waals surface area contributed by atoms with Crippen molar-refractivity contribution in [1.29, 1.82) is 0 Å². The van der Waals surface area contributed by atoms with Crippen LogP contribution in [0.15, 0.2) is 23.3 Å². The fourth-order valence-corrected chi connectivity index (χ4v) is 3.77. The molecule has 1 aliphatic rings. The predicted octanol–water partition coefficient (Wildman–Crippen LogP) is 3.72. The van der Waals surface area contributed by atoms with E-state index in [2.05, 4.69) is 77.2 Å². The van der Waals surface area contributed by atoms with Crippen molar-refractivity contribution in [3.63, 3.8) is 0 Å². The Bertz CT molecular complexity index is 586. The summed E-state index contributed by atoms with van der Waals surface area (Å²) in [6.45, 7) is 16.1. The fraction of sp³-hybridized carbons (Fsp3) is 0.727. The summed E-state index contributed by atoms with van der Waals surface area (Å²) in [5.41, 5.74) is 1.17. The molecule has 166 valence electrons. The fourth-order valence-electron chi connectivity index (χ4n) is 3.77. The number of pyridine rings is 1. The van der Waals surface area contributed by atoms with Crippen molar-refractivity contribution in [2.45, 2.75) is 66.1 Å². The second kappa shape index (κ2) is 13.3. The number of hydrogen-bond acceptors (Lipinski definition) is 4. The molecule has 1 aromatic heterocycles. The quantitative estimate of drug-likeness (QED) is 0.314. The van der Waals surface area contributed by atoms with Gasteiger partial charge in [-0.15, -0.1) is 24.0 Å². The Labute approximate surface area is 195 Å². The zero-order chi connectivity index (χ0) is 20.5. The van der Waals surface area contributed by atoms with Crippen LogP contribution in [-0.2, 0) is 6.54 Å². The van der Waals surface area contributed by atoms with E-state index >= 15 is 0 Å². The van der Waals surface area contributed by atoms with Crippen molar-refractivity contribution in [1.82, 2.24) is 20.5 Å². The lowest BCUT2D eigenvalue weighted by atomic mass is 9.99. The molecule has 0 unspecified atom stereocenters. The normalized spacial score (nSPS) is 15.8. The standard InChI is InChI=1S/C22H40N6.HI/c1-17(2)28(18(3)4)14-11-24-22(23-6)26-16-20-7-8-21(25-15-20)27-12-9-19(5)10-13-27;/h7-8,15,17-19H,9-14,16H2,1-6H3,(H2,23,24,26);1H. The number of hydrogen-bond donors (Lipinski definition) is 2. The van der Waals surface area contributed by atoms with Gasteiger partial charge in [0.25, 0.3) is 0 Å². The predicted molar refractivity (Wildman–Crippen MR) is 135 cm³/mol. The lowest BCUT2D eigenvalue weighted by Gasteiger charge is -2.31. The second-order valence-corrected chi connectivity index (χ2v) is 8.47. The van der Waals surface area contributed by atoms with E-state index < -0.39 is 0 Å². The molecule has 6 nitrogen and oxygen atoms in total. The second-order valence-electron chi connectivity index (χ2n) is 8.47. The third-order valence-electron chi connectivity index (χ3n) is 5.59. The van der Waals surface area contributed by atoms with Crippen molar-refractivity contribution >= 4 is 35.8 Å². The van der Waals surface area contributed by atoms with E-state index in [1.54, 1.807) is 0 Å². The molecule has 2 heterocycles. The molecular weight excluding hydrogens is 475 g/mol. The summed E-state index contributed by atoms with van der Waals surface area (Å²) < 4.78 is 0. The average molecular weight is 517 g/mol. The highest BCUT2D eigenvalue weighted by atomic mass is 127. The summed E-state index contributed by atoms with van der Waals surface area (Å²) in [5.74, 6) is 2.77. The summed E-state index contributed by atoms with van der Waals surface area (Å²) in [4.78, 5) is 13.9. The third kappa shape index (κ3) is 8.66. The molecule has 1 fully saturated rings. The lowest BCUT2D eigenvalue weighted by molar-refractivity contribution is 0.178. The highest BCUT2D eigenvalue weighted by Gasteiger charge is 2.16. The third-order valence-corrected chi connectivity index (χ3v) is 5.59. The Morgan fingerprint density at radius 2 is 1.83 bits per heavy atom. The molecule has 1 saturated heterocycles. The minimum absolute atomic E-state index is 0. The highest BCUT2D eigenvalue weighted by Crippen LogP contribution is 2.21. The van der Waals surface area contributed by atoms with E-state index in [9.17, 15) is 0 Å². The highest BCUT2D eigenvalue weighted by molar-refractivity contribution is 14.0. The van der Waals surface area contributed by atoms with Crippen LogP contribution in [0.5, 0.6) is 0 Å². The summed E-state index contributed by atoms with van der Waals surface area (Å²) >= 11 is 0. The molecule has 0 bridgehead atoms. The summed E-state index contributed by atoms with van der Waals surface area (Å²) in [7, 11) is 1.82. The Kier molecular flexibility index (Phi) is 11.9. The van der Waals surface area contributed by atoms with Crippen molar-refractivity contribution in [2.75, 3.05) is 38.1 Å². The Balaban J connectivity index is 0.00000420. The van der Waals surface area contributed by atoms with Crippen molar-refractivity contribution in [3.05, 3.63) is 23.9 Å². The van der Waals surface area contributed by atoms with Crippen LogP contribution in [0.3, 0.4) is 0 Å². The van der Waals surface area contributed by atoms with E-state index in [-0.39, 0.29) is 24.0 Å². The van der Waals surface area contributed by atoms with E-state index in [4.69, 9.17) is 0 Å². The molecule has 2 rings (SSSR count). The molecule has 0 radical (unpaired) electrons. The van der Waals surface area contributed by atoms with Gasteiger partial charge < -0.3 is 15.5 Å². The number of nitrogens with one attached hydrogen (secondary N) is 2. The number of anilines is 1. The van der Waals surface area contributed by atoms with Gasteiger partial charge in [-0.2, -0.15) is 0 Å². The van der Waals surface area contributed by atoms with Gasteiger partial charge in [-0.3, -0.25) is 9.89 Å². The van der Waals surface area contributed by atoms with Gasteiger partial charge in [0, 0.05) is 58.1 Å². The summed E-state index contributed by atoms with van der Waals surface area (Å²) in [6, 6.07) is 5.40. The van der Waals surface area contributed by atoms with Crippen molar-refractivity contribution in [2.24, 2.45) is 10.9 Å². The van der Waals surface area contributed by atoms with Crippen LogP contribution in [0.2, 0.25) is 0 Å². The van der Waals surface area contributed by atoms with Crippen molar-refractivity contribution < 1.29 is 0 Å². The Hall–Kier alpha value is -1.09. The van der Waals surface area contributed by atoms with E-state index in [0.29, 0.717) is 12.1 Å². The first-order valence-electron chi connectivity index (χ1n) is 10.8. The first-order valence-corrected chi connectivity index (χ1v) is 10.8. The van der Waals surface area contributed by atoms with Gasteiger partial charge in [0.1, 0.15) is 5.82 Å². The number of rotatable bonds is 8. The lowest BCUT2D eigenvalue weighted by Crippen LogP contribution is -2.45. The Morgan fingerprint density at radius 3 is 2.34 bits per heavy atom. The van der Waals surface area contributed by atoms with Crippen LogP contribution in [0.1, 0.15) is 53.0 Å². The number of halogens is 1. The SMILES string of the molecule is CN=C(NCCN(C(C)C)C(C)C)NCc1ccc(N2CCC(C)CC2)nc1.I. The van der Waals surface area contributed by atoms with Gasteiger partial charge in [0.05, 0.1) is 0 Å². The molecule has 1 aliphatic heterocycles. The molecule has 29 heavy (non-hydrogen) atoms. The van der Waals surface area contributed by atoms with E-state index in [0.717, 1.165) is 50.4 Å². The van der Waals surface area contributed by atoms with Crippen molar-refractivity contribution in [3.8, 4) is 0 Å². The van der Waals surface area contributed by atoms with Crippen LogP contribution in [-0.4, -0.2) is 61.2 Å². The smallest absolute Gasteiger partial charge is 0.191 e. The molecular formula is C22H41IN6. The first kappa shape index (κ1) is 25.9. The van der Waals surface area contributed by atoms with Crippen LogP contribution < -0.4 is 15.5 Å². The van der Waals surface area contributed by atoms with Crippen LogP contribution in [0, 0.1) is 5.92 Å². The zero-order valence-electron chi connectivity index (χ0n) is 19.1. The van der Waals surface area contributed by atoms with Crippen LogP contribution >= 0.6 is 24.0 Å². The molecule has 2 N–H and O–H groups in total. The van der Waals surface area contributed by atoms with Crippen LogP contribution in [0.25, 0.3) is 0 Å². The Morgan fingerprint density at radius 1 is 1.17 bits per heavy atom. The maximum atomic E-state index is 4.67. The monoisotopic (exact) mass is 516 g/mol. The molecule has 0 aliphatic carbocycles. The molecule has 0 aromatic carbocycles. The van der Waals surface area contributed by atoms with Gasteiger partial charge >= 0.3 is 0 Å². The minimum Gasteiger partial charge on any atom is -0.357 e. The number of aliphatic imine (C=N–C) groups is 1. The van der Waals surface area contributed by atoms with Gasteiger partial charge in [0.2, 0.25) is 0 Å². The number of guanidine groups is 1. The minimum atomic E-state index is 0. The van der Waals surface area contributed by atoms with E-state index in [1.165, 1.54) is 18.4 Å². The number of nitrogens with zero attached hydrogens (tertiary/aromatic N) is 4. The van der Waals surface area contributed by atoms with Gasteiger partial charge in [-0.25, -0.2) is 4.98 Å². The molecule has 0 atom stereocenters. The van der Waals surface area contributed by atoms with E-state index in [1.807, 2.05) is 13.2 Å². The number of aromatic nitrogens is 1. The van der Waals surface area contributed by atoms with Gasteiger partial charge in [-0.05, 0) is 58.1 Å². The molecule has 0 saturated carbocycles. The molecule has 7 heteroatoms. The number of piperidine rings is 1.